The minimum absolute atomic E-state index is 0.109. The van der Waals surface area contributed by atoms with E-state index in [-0.39, 0.29) is 11.2 Å². The van der Waals surface area contributed by atoms with Gasteiger partial charge in [0, 0.05) is 12.4 Å². The van der Waals surface area contributed by atoms with Crippen LogP contribution in [0.1, 0.15) is 13.3 Å². The molecule has 5 aromatic rings. The predicted molar refractivity (Wildman–Crippen MR) is 122 cm³/mol. The molecule has 0 bridgehead atoms. The standard InChI is InChI=1S/C21H18N6OS2/c1-3-15(19(28)24-20-22-13-9-5-7-11-16(13)30-20)29-21-23-18-17(25-26-21)12-8-4-6-10-14(12)27(18)2/h4-11,15H,3H2,1-2H3,(H,22,24,28)/t15-/m1/s1. The molecule has 0 fully saturated rings. The molecule has 1 N–H and O–H groups in total. The van der Waals surface area contributed by atoms with Crippen LogP contribution in [0.5, 0.6) is 0 Å². The Labute approximate surface area is 180 Å². The van der Waals surface area contributed by atoms with Gasteiger partial charge in [-0.15, -0.1) is 10.2 Å². The number of nitrogens with one attached hydrogen (secondary N) is 1. The molecular weight excluding hydrogens is 416 g/mol. The largest absolute Gasteiger partial charge is 0.327 e. The Balaban J connectivity index is 1.40. The predicted octanol–water partition coefficient (Wildman–Crippen LogP) is 4.64. The molecule has 3 heterocycles. The summed E-state index contributed by atoms with van der Waals surface area (Å²) in [7, 11) is 1.96. The Morgan fingerprint density at radius 2 is 1.93 bits per heavy atom. The van der Waals surface area contributed by atoms with Gasteiger partial charge in [0.15, 0.2) is 10.8 Å². The fraction of sp³-hybridized carbons (Fsp3) is 0.190. The van der Waals surface area contributed by atoms with Gasteiger partial charge in [-0.25, -0.2) is 9.97 Å². The van der Waals surface area contributed by atoms with Crippen molar-refractivity contribution in [3.63, 3.8) is 0 Å². The van der Waals surface area contributed by atoms with Crippen LogP contribution in [0.3, 0.4) is 0 Å². The van der Waals surface area contributed by atoms with Crippen LogP contribution >= 0.6 is 23.1 Å². The Hall–Kier alpha value is -3.04. The monoisotopic (exact) mass is 434 g/mol. The second-order valence-corrected chi connectivity index (χ2v) is 9.03. The highest BCUT2D eigenvalue weighted by atomic mass is 32.2. The van der Waals surface area contributed by atoms with Gasteiger partial charge < -0.3 is 9.88 Å². The number of thioether (sulfide) groups is 1. The smallest absolute Gasteiger partial charge is 0.239 e. The topological polar surface area (TPSA) is 85.6 Å². The average molecular weight is 435 g/mol. The van der Waals surface area contributed by atoms with Crippen molar-refractivity contribution in [2.45, 2.75) is 23.8 Å². The first kappa shape index (κ1) is 19.0. The van der Waals surface area contributed by atoms with Gasteiger partial charge >= 0.3 is 0 Å². The molecule has 0 radical (unpaired) electrons. The lowest BCUT2D eigenvalue weighted by atomic mass is 10.2. The molecule has 3 aromatic heterocycles. The Morgan fingerprint density at radius 3 is 2.77 bits per heavy atom. The van der Waals surface area contributed by atoms with Crippen molar-refractivity contribution < 1.29 is 4.79 Å². The first-order chi connectivity index (χ1) is 14.6. The van der Waals surface area contributed by atoms with Crippen LogP contribution in [-0.4, -0.2) is 35.9 Å². The van der Waals surface area contributed by atoms with Crippen molar-refractivity contribution in [3.05, 3.63) is 48.5 Å². The number of nitrogens with zero attached hydrogens (tertiary/aromatic N) is 5. The first-order valence-electron chi connectivity index (χ1n) is 9.55. The van der Waals surface area contributed by atoms with Crippen molar-refractivity contribution in [3.8, 4) is 0 Å². The number of fused-ring (bicyclic) bond motifs is 4. The Bertz CT molecular complexity index is 1360. The lowest BCUT2D eigenvalue weighted by Gasteiger charge is -2.12. The van der Waals surface area contributed by atoms with E-state index >= 15 is 0 Å². The number of carbonyl (C=O) groups is 1. The summed E-state index contributed by atoms with van der Waals surface area (Å²) in [6.45, 7) is 1.97. The van der Waals surface area contributed by atoms with Gasteiger partial charge in [-0.05, 0) is 24.6 Å². The average Bonchev–Trinajstić information content (AvgIpc) is 3.30. The minimum Gasteiger partial charge on any atom is -0.327 e. The SMILES string of the molecule is CC[C@@H](Sc1nnc2c3ccccc3n(C)c2n1)C(=O)Nc1nc2ccccc2s1. The van der Waals surface area contributed by atoms with Gasteiger partial charge in [-0.1, -0.05) is 60.4 Å². The molecule has 0 aliphatic rings. The van der Waals surface area contributed by atoms with E-state index in [9.17, 15) is 4.79 Å². The number of amides is 1. The molecule has 0 spiro atoms. The quantitative estimate of drug-likeness (QED) is 0.406. The molecule has 1 amide bonds. The summed E-state index contributed by atoms with van der Waals surface area (Å²) in [5, 5.41) is 13.4. The third-order valence-corrected chi connectivity index (χ3v) is 7.09. The highest BCUT2D eigenvalue weighted by molar-refractivity contribution is 8.00. The molecule has 0 saturated carbocycles. The normalized spacial score (nSPS) is 12.6. The maximum atomic E-state index is 12.8. The molecule has 0 unspecified atom stereocenters. The third kappa shape index (κ3) is 3.29. The highest BCUT2D eigenvalue weighted by Crippen LogP contribution is 2.30. The molecular formula is C21H18N6OS2. The van der Waals surface area contributed by atoms with E-state index in [1.165, 1.54) is 23.1 Å². The molecule has 0 aliphatic carbocycles. The number of rotatable bonds is 5. The zero-order valence-electron chi connectivity index (χ0n) is 16.4. The van der Waals surface area contributed by atoms with Gasteiger partial charge in [-0.3, -0.25) is 4.79 Å². The second kappa shape index (κ2) is 7.66. The second-order valence-electron chi connectivity index (χ2n) is 6.83. The molecule has 150 valence electrons. The summed E-state index contributed by atoms with van der Waals surface area (Å²) in [4.78, 5) is 22.0. The summed E-state index contributed by atoms with van der Waals surface area (Å²) in [6.07, 6.45) is 0.637. The third-order valence-electron chi connectivity index (χ3n) is 4.92. The maximum Gasteiger partial charge on any atom is 0.239 e. The highest BCUT2D eigenvalue weighted by Gasteiger charge is 2.22. The number of hydrogen-bond donors (Lipinski definition) is 1. The zero-order valence-corrected chi connectivity index (χ0v) is 18.0. The van der Waals surface area contributed by atoms with Gasteiger partial charge in [0.1, 0.15) is 5.52 Å². The van der Waals surface area contributed by atoms with E-state index in [1.54, 1.807) is 0 Å². The van der Waals surface area contributed by atoms with Crippen LogP contribution in [0.4, 0.5) is 5.13 Å². The fourth-order valence-corrected chi connectivity index (χ4v) is 5.09. The van der Waals surface area contributed by atoms with Crippen LogP contribution in [0.25, 0.3) is 32.3 Å². The van der Waals surface area contributed by atoms with E-state index in [2.05, 4.69) is 25.5 Å². The van der Waals surface area contributed by atoms with E-state index in [0.717, 1.165) is 32.3 Å². The molecule has 9 heteroatoms. The molecule has 0 aliphatic heterocycles. The van der Waals surface area contributed by atoms with Crippen LogP contribution in [0.2, 0.25) is 0 Å². The maximum absolute atomic E-state index is 12.8. The van der Waals surface area contributed by atoms with Gasteiger partial charge in [0.25, 0.3) is 0 Å². The van der Waals surface area contributed by atoms with Crippen molar-refractivity contribution in [1.29, 1.82) is 0 Å². The summed E-state index contributed by atoms with van der Waals surface area (Å²) < 4.78 is 3.05. The molecule has 2 aromatic carbocycles. The lowest BCUT2D eigenvalue weighted by molar-refractivity contribution is -0.115. The molecule has 7 nitrogen and oxygen atoms in total. The van der Waals surface area contributed by atoms with Gasteiger partial charge in [0.05, 0.1) is 21.0 Å². The van der Waals surface area contributed by atoms with E-state index in [0.29, 0.717) is 16.7 Å². The van der Waals surface area contributed by atoms with E-state index < -0.39 is 0 Å². The molecule has 30 heavy (non-hydrogen) atoms. The van der Waals surface area contributed by atoms with Crippen molar-refractivity contribution in [1.82, 2.24) is 24.7 Å². The van der Waals surface area contributed by atoms with Crippen molar-refractivity contribution in [2.24, 2.45) is 7.05 Å². The summed E-state index contributed by atoms with van der Waals surface area (Å²) in [5.74, 6) is -0.109. The fourth-order valence-electron chi connectivity index (χ4n) is 3.40. The zero-order chi connectivity index (χ0) is 20.7. The molecule has 5 rings (SSSR count). The summed E-state index contributed by atoms with van der Waals surface area (Å²) in [6, 6.07) is 15.8. The number of carbonyl (C=O) groups excluding carboxylic acids is 1. The number of thiazole rings is 1. The molecule has 0 saturated heterocycles. The minimum atomic E-state index is -0.342. The number of benzene rings is 2. The number of anilines is 1. The first-order valence-corrected chi connectivity index (χ1v) is 11.2. The number of para-hydroxylation sites is 2. The van der Waals surface area contributed by atoms with Crippen LogP contribution < -0.4 is 5.32 Å². The number of hydrogen-bond acceptors (Lipinski definition) is 7. The van der Waals surface area contributed by atoms with E-state index in [4.69, 9.17) is 0 Å². The Kier molecular flexibility index (Phi) is 4.84. The number of aryl methyl sites for hydroxylation is 1. The molecule has 1 atom stereocenters. The van der Waals surface area contributed by atoms with Crippen LogP contribution in [0, 0.1) is 0 Å². The van der Waals surface area contributed by atoms with E-state index in [1.807, 2.05) is 67.1 Å². The van der Waals surface area contributed by atoms with Crippen molar-refractivity contribution in [2.75, 3.05) is 5.32 Å². The van der Waals surface area contributed by atoms with Gasteiger partial charge in [0.2, 0.25) is 11.1 Å². The summed E-state index contributed by atoms with van der Waals surface area (Å²) in [5.41, 5.74) is 3.46. The van der Waals surface area contributed by atoms with Gasteiger partial charge in [-0.2, -0.15) is 0 Å². The van der Waals surface area contributed by atoms with Crippen molar-refractivity contribution >= 4 is 66.4 Å². The van der Waals surface area contributed by atoms with Crippen LogP contribution in [0.15, 0.2) is 53.7 Å². The number of aromatic nitrogens is 5. The lowest BCUT2D eigenvalue weighted by Crippen LogP contribution is -2.24. The van der Waals surface area contributed by atoms with Crippen LogP contribution in [-0.2, 0) is 11.8 Å². The Morgan fingerprint density at radius 1 is 1.13 bits per heavy atom. The summed E-state index contributed by atoms with van der Waals surface area (Å²) >= 11 is 2.79.